The molecule has 0 bridgehead atoms. The Morgan fingerprint density at radius 1 is 0.392 bits per heavy atom. The molecular weight excluding hydrogens is 1520 g/mol. The van der Waals surface area contributed by atoms with Gasteiger partial charge in [0.25, 0.3) is 22.2 Å². The average molecular weight is 1610 g/mol. The van der Waals surface area contributed by atoms with Crippen LogP contribution in [0.2, 0.25) is 0 Å². The van der Waals surface area contributed by atoms with Gasteiger partial charge in [0.15, 0.2) is 16.9 Å². The zero-order valence-electron chi connectivity index (χ0n) is 67.2. The maximum absolute atomic E-state index is 13.0. The molecule has 23 heterocycles. The van der Waals surface area contributed by atoms with Crippen molar-refractivity contribution in [3.8, 4) is 45.6 Å². The Hall–Kier alpha value is -13.3. The fourth-order valence-electron chi connectivity index (χ4n) is 19.3. The highest BCUT2D eigenvalue weighted by atomic mass is 16.1. The number of nitrogens with one attached hydrogen (secondary N) is 3. The minimum absolute atomic E-state index is 0. The van der Waals surface area contributed by atoms with Gasteiger partial charge in [0.05, 0.1) is 56.7 Å². The van der Waals surface area contributed by atoms with E-state index in [2.05, 4.69) is 133 Å². The number of anilines is 4. The third-order valence-electron chi connectivity index (χ3n) is 25.0. The number of piperazine rings is 1. The molecule has 35 heteroatoms. The van der Waals surface area contributed by atoms with E-state index in [1.165, 1.54) is 44.9 Å². The summed E-state index contributed by atoms with van der Waals surface area (Å²) in [6, 6.07) is 35.5. The SMILES string of the molecule is C.Cc1cc2ccc(-c3cc(=O)n4cc(N5C[C@@H]6C[C@H]7CNC[C@]76C5)ccc4n3)nn2n1.Cc1nc2ccc(-c3cc(=O)n4cc(N5CC6(CCNC6)C5)cc(C)c4n3)nn2n1.Cc1nc2ccc(-c3cc(=O)n4cc(N5CC6(CN(C)C6)C5)ccc4n3)nn2n1.Cc1nc2ccc(-c3cc(=O)n4cc(N5CCN[C@@H](C)C5)cc(C)c4n3)nn2n1. The molecule has 1 aliphatic carbocycles. The Labute approximate surface area is 686 Å². The van der Waals surface area contributed by atoms with Crippen LogP contribution in [0.25, 0.3) is 90.6 Å². The number of aryl methyl sites for hydroxylation is 6. The van der Waals surface area contributed by atoms with E-state index in [1.54, 1.807) is 28.3 Å². The summed E-state index contributed by atoms with van der Waals surface area (Å²) >= 11 is 0. The first-order valence-corrected chi connectivity index (χ1v) is 40.5. The van der Waals surface area contributed by atoms with E-state index in [9.17, 15) is 19.2 Å². The van der Waals surface area contributed by atoms with Gasteiger partial charge < -0.3 is 40.4 Å². The maximum atomic E-state index is 13.0. The van der Waals surface area contributed by atoms with Crippen LogP contribution in [-0.2, 0) is 0 Å². The van der Waals surface area contributed by atoms with Gasteiger partial charge in [-0.05, 0) is 195 Å². The summed E-state index contributed by atoms with van der Waals surface area (Å²) in [5.74, 6) is 3.53. The number of rotatable bonds is 8. The van der Waals surface area contributed by atoms with Crippen LogP contribution in [0.15, 0.2) is 159 Å². The van der Waals surface area contributed by atoms with E-state index in [-0.39, 0.29) is 29.7 Å². The van der Waals surface area contributed by atoms with Gasteiger partial charge in [-0.3, -0.25) is 36.8 Å². The molecule has 7 aliphatic heterocycles. The summed E-state index contributed by atoms with van der Waals surface area (Å²) in [5.41, 5.74) is 17.9. The van der Waals surface area contributed by atoms with Crippen molar-refractivity contribution in [3.63, 3.8) is 0 Å². The third kappa shape index (κ3) is 13.4. The summed E-state index contributed by atoms with van der Waals surface area (Å²) in [7, 11) is 2.16. The van der Waals surface area contributed by atoms with Gasteiger partial charge in [-0.25, -0.2) is 34.9 Å². The Kier molecular flexibility index (Phi) is 18.1. The van der Waals surface area contributed by atoms with E-state index in [4.69, 9.17) is 15.0 Å². The molecule has 0 aromatic carbocycles. The largest absolute Gasteiger partial charge is 0.369 e. The quantitative estimate of drug-likeness (QED) is 0.165. The molecule has 8 fully saturated rings. The average Bonchev–Trinajstić information content (AvgIpc) is 1.53. The summed E-state index contributed by atoms with van der Waals surface area (Å²) in [4.78, 5) is 95.1. The summed E-state index contributed by atoms with van der Waals surface area (Å²) in [6.45, 7) is 29.4. The summed E-state index contributed by atoms with van der Waals surface area (Å²) in [6.07, 6.45) is 10.2. The zero-order chi connectivity index (χ0) is 81.1. The molecule has 0 radical (unpaired) electrons. The topological polar surface area (TPSA) is 349 Å². The van der Waals surface area contributed by atoms with Crippen molar-refractivity contribution in [3.05, 3.63) is 216 Å². The lowest BCUT2D eigenvalue weighted by Crippen LogP contribution is -2.71. The molecule has 16 aromatic rings. The van der Waals surface area contributed by atoms with Gasteiger partial charge >= 0.3 is 0 Å². The fourth-order valence-corrected chi connectivity index (χ4v) is 19.3. The third-order valence-corrected chi connectivity index (χ3v) is 25.0. The van der Waals surface area contributed by atoms with Crippen LogP contribution in [0.3, 0.4) is 0 Å². The predicted molar refractivity (Wildman–Crippen MR) is 455 cm³/mol. The molecule has 0 amide bonds. The lowest BCUT2D eigenvalue weighted by atomic mass is 9.56. The van der Waals surface area contributed by atoms with Crippen LogP contribution < -0.4 is 57.8 Å². The zero-order valence-corrected chi connectivity index (χ0v) is 67.2. The molecule has 7 saturated heterocycles. The molecular formula is C85H91N31O4. The van der Waals surface area contributed by atoms with Crippen LogP contribution in [-0.4, -0.2) is 228 Å². The van der Waals surface area contributed by atoms with Crippen molar-refractivity contribution in [2.24, 2.45) is 28.1 Å². The van der Waals surface area contributed by atoms with Crippen LogP contribution >= 0.6 is 0 Å². The molecule has 1 saturated carbocycles. The summed E-state index contributed by atoms with van der Waals surface area (Å²) < 4.78 is 12.5. The van der Waals surface area contributed by atoms with E-state index in [1.807, 2.05) is 139 Å². The van der Waals surface area contributed by atoms with Crippen molar-refractivity contribution in [1.29, 1.82) is 0 Å². The van der Waals surface area contributed by atoms with Gasteiger partial charge in [0.2, 0.25) is 0 Å². The van der Waals surface area contributed by atoms with Gasteiger partial charge in [-0.15, -0.1) is 49.6 Å². The number of likely N-dealkylation sites (tertiary alicyclic amines) is 1. The molecule has 4 atom stereocenters. The van der Waals surface area contributed by atoms with Crippen molar-refractivity contribution in [1.82, 2.24) is 133 Å². The molecule has 0 unspecified atom stereocenters. The van der Waals surface area contributed by atoms with Gasteiger partial charge in [0.1, 0.15) is 62.8 Å². The van der Waals surface area contributed by atoms with Crippen molar-refractivity contribution >= 4 is 67.8 Å². The normalized spacial score (nSPS) is 20.1. The Bertz CT molecular complexity index is 7070. The number of hydrogen-bond donors (Lipinski definition) is 3. The van der Waals surface area contributed by atoms with E-state index < -0.39 is 0 Å². The number of pyridine rings is 4. The highest BCUT2D eigenvalue weighted by Gasteiger charge is 2.61. The maximum Gasteiger partial charge on any atom is 0.258 e. The number of hydrogen-bond acceptors (Lipinski definition) is 27. The monoisotopic (exact) mass is 1610 g/mol. The van der Waals surface area contributed by atoms with E-state index in [0.717, 1.165) is 155 Å². The highest BCUT2D eigenvalue weighted by Crippen LogP contribution is 2.58. The molecule has 3 N–H and O–H groups in total. The Morgan fingerprint density at radius 2 is 0.858 bits per heavy atom. The van der Waals surface area contributed by atoms with Gasteiger partial charge in [0, 0.05) is 156 Å². The molecule has 16 aromatic heterocycles. The Morgan fingerprint density at radius 3 is 1.37 bits per heavy atom. The minimum atomic E-state index is -0.130. The molecule has 8 aliphatic rings. The molecule has 3 spiro atoms. The van der Waals surface area contributed by atoms with Crippen molar-refractivity contribution < 1.29 is 0 Å². The van der Waals surface area contributed by atoms with E-state index >= 15 is 0 Å². The van der Waals surface area contributed by atoms with Crippen LogP contribution in [0.5, 0.6) is 0 Å². The van der Waals surface area contributed by atoms with Gasteiger partial charge in [-0.2, -0.15) is 9.73 Å². The second-order valence-electron chi connectivity index (χ2n) is 33.9. The lowest BCUT2D eigenvalue weighted by molar-refractivity contribution is -0.00242. The first-order chi connectivity index (χ1) is 57.5. The summed E-state index contributed by atoms with van der Waals surface area (Å²) in [5, 5.41) is 45.5. The first-order valence-electron chi connectivity index (χ1n) is 40.5. The number of fused-ring (bicyclic) bond motifs is 8. The smallest absolute Gasteiger partial charge is 0.258 e. The second-order valence-corrected chi connectivity index (χ2v) is 33.9. The van der Waals surface area contributed by atoms with Crippen molar-refractivity contribution in [2.45, 2.75) is 74.8 Å². The molecule has 35 nitrogen and oxygen atoms in total. The van der Waals surface area contributed by atoms with E-state index in [0.29, 0.717) is 125 Å². The second kappa shape index (κ2) is 28.8. The molecule has 24 rings (SSSR count). The van der Waals surface area contributed by atoms with Gasteiger partial charge in [-0.1, -0.05) is 7.43 Å². The van der Waals surface area contributed by atoms with Crippen LogP contribution in [0, 0.1) is 69.6 Å². The predicted octanol–water partition coefficient (Wildman–Crippen LogP) is 5.68. The minimum Gasteiger partial charge on any atom is -0.369 e. The number of nitrogens with zero attached hydrogens (tertiary/aromatic N) is 28. The van der Waals surface area contributed by atoms with Crippen LogP contribution in [0.1, 0.15) is 61.5 Å². The fraction of sp³-hybridized carbons (Fsp3) is 0.376. The highest BCUT2D eigenvalue weighted by molar-refractivity contribution is 5.68. The van der Waals surface area contributed by atoms with Crippen LogP contribution in [0.4, 0.5) is 22.7 Å². The number of aromatic nitrogens is 23. The lowest BCUT2D eigenvalue weighted by Gasteiger charge is -2.60. The first kappa shape index (κ1) is 75.5. The molecule has 610 valence electrons. The Balaban J connectivity index is 0.000000102. The van der Waals surface area contributed by atoms with Crippen molar-refractivity contribution in [2.75, 3.05) is 125 Å². The standard InChI is InChI=1S/C23H23N7O.C21H22N8O.C20H20N8O.C20H22N8O.CH4/c1-14-6-17-2-4-19(27-30(17)26-14)20-8-22(31)29-11-18(3-5-21(29)25-20)28-10-16-7-15-9-24-12-23(15,16)13-28;1-13-7-15(27-11-21(12-27)5-6-22-10-21)9-28-19(30)8-17(24-20(13)28)16-3-4-18-23-14(2)25-29(18)26-16;1-13-21-18-6-4-15(24-28(18)23-13)16-7-19(29)27-8-14(3-5-17(27)22-16)26-11-20(12-26)9-25(2)10-20;1-12-8-15(26-7-6-21-13(2)10-26)11-27-19(29)9-17(23-20(12)27)16-4-5-18-22-14(3)24-28(18)25-16;/h2-6,8,11,15-16,24H,7,9-10,12-13H2,1H3;3-4,7-9,22H,5-6,10-12H2,1-2H3;3-8H,9-12H2,1-2H3;4-5,8-9,11,13,21H,6-7,10H2,1-3H3;1H4/t15-,16-,23-;;;13-;/m0..0./s1. The molecule has 120 heavy (non-hydrogen) atoms.